The molecular formula is C14H16F3N3S. The van der Waals surface area contributed by atoms with Crippen LogP contribution in [0.15, 0.2) is 40.6 Å². The maximum atomic E-state index is 13.2. The Hall–Kier alpha value is -1.47. The van der Waals surface area contributed by atoms with Crippen molar-refractivity contribution in [1.29, 1.82) is 0 Å². The van der Waals surface area contributed by atoms with Gasteiger partial charge in [-0.2, -0.15) is 13.2 Å². The standard InChI is InChI=1S/C14H16F3N3S/c1-2-10(18)7-9-3-4-11(8-12(9)14(15,16)17)21-13-19-5-6-20-13/h3-6,8,10H,2,7,18H2,1H3,(H,19,20). The molecule has 0 aliphatic carbocycles. The molecule has 1 atom stereocenters. The summed E-state index contributed by atoms with van der Waals surface area (Å²) >= 11 is 1.16. The van der Waals surface area contributed by atoms with Gasteiger partial charge in [0.1, 0.15) is 0 Å². The Labute approximate surface area is 125 Å². The van der Waals surface area contributed by atoms with Crippen molar-refractivity contribution in [3.63, 3.8) is 0 Å². The molecule has 2 rings (SSSR count). The third-order valence-corrected chi connectivity index (χ3v) is 3.99. The molecule has 0 bridgehead atoms. The molecule has 21 heavy (non-hydrogen) atoms. The predicted octanol–water partition coefficient (Wildman–Crippen LogP) is 3.86. The zero-order valence-corrected chi connectivity index (χ0v) is 12.3. The van der Waals surface area contributed by atoms with Crippen LogP contribution in [-0.2, 0) is 12.6 Å². The highest BCUT2D eigenvalue weighted by Crippen LogP contribution is 2.36. The van der Waals surface area contributed by atoms with Crippen molar-refractivity contribution in [3.05, 3.63) is 41.7 Å². The fraction of sp³-hybridized carbons (Fsp3) is 0.357. The molecule has 1 aromatic carbocycles. The summed E-state index contributed by atoms with van der Waals surface area (Å²) in [7, 11) is 0. The average molecular weight is 315 g/mol. The van der Waals surface area contributed by atoms with Gasteiger partial charge in [-0.1, -0.05) is 24.8 Å². The number of halogens is 3. The minimum Gasteiger partial charge on any atom is -0.339 e. The fourth-order valence-electron chi connectivity index (χ4n) is 1.91. The normalized spacial score (nSPS) is 13.4. The topological polar surface area (TPSA) is 54.7 Å². The molecule has 3 nitrogen and oxygen atoms in total. The van der Waals surface area contributed by atoms with Crippen LogP contribution < -0.4 is 5.73 Å². The van der Waals surface area contributed by atoms with Gasteiger partial charge in [0.25, 0.3) is 0 Å². The van der Waals surface area contributed by atoms with Gasteiger partial charge in [0.2, 0.25) is 0 Å². The summed E-state index contributed by atoms with van der Waals surface area (Å²) in [6.45, 7) is 1.86. The van der Waals surface area contributed by atoms with Crippen LogP contribution in [0, 0.1) is 0 Å². The molecule has 7 heteroatoms. The number of hydrogen-bond acceptors (Lipinski definition) is 3. The Morgan fingerprint density at radius 2 is 2.14 bits per heavy atom. The Morgan fingerprint density at radius 1 is 1.38 bits per heavy atom. The van der Waals surface area contributed by atoms with E-state index < -0.39 is 11.7 Å². The quantitative estimate of drug-likeness (QED) is 0.881. The second-order valence-electron chi connectivity index (χ2n) is 4.69. The van der Waals surface area contributed by atoms with E-state index in [1.807, 2.05) is 6.92 Å². The number of nitrogens with zero attached hydrogens (tertiary/aromatic N) is 1. The SMILES string of the molecule is CCC(N)Cc1ccc(Sc2ncc[nH]2)cc1C(F)(F)F. The Kier molecular flexibility index (Phi) is 4.95. The van der Waals surface area contributed by atoms with Gasteiger partial charge in [-0.15, -0.1) is 0 Å². The Morgan fingerprint density at radius 3 is 2.71 bits per heavy atom. The smallest absolute Gasteiger partial charge is 0.339 e. The van der Waals surface area contributed by atoms with Gasteiger partial charge in [0.15, 0.2) is 5.16 Å². The van der Waals surface area contributed by atoms with Crippen molar-refractivity contribution in [2.24, 2.45) is 5.73 Å². The summed E-state index contributed by atoms with van der Waals surface area (Å²) in [5.41, 5.74) is 5.39. The highest BCUT2D eigenvalue weighted by molar-refractivity contribution is 7.99. The third-order valence-electron chi connectivity index (χ3n) is 3.08. The fourth-order valence-corrected chi connectivity index (χ4v) is 2.68. The maximum Gasteiger partial charge on any atom is 0.416 e. The first-order chi connectivity index (χ1) is 9.90. The number of nitrogens with two attached hydrogens (primary N) is 1. The summed E-state index contributed by atoms with van der Waals surface area (Å²) in [5.74, 6) is 0. The zero-order valence-electron chi connectivity index (χ0n) is 11.4. The van der Waals surface area contributed by atoms with E-state index in [1.54, 1.807) is 18.5 Å². The van der Waals surface area contributed by atoms with Gasteiger partial charge in [-0.3, -0.25) is 0 Å². The second kappa shape index (κ2) is 6.53. The van der Waals surface area contributed by atoms with Gasteiger partial charge in [0.05, 0.1) is 5.56 Å². The molecule has 2 aromatic rings. The van der Waals surface area contributed by atoms with Crippen LogP contribution in [-0.4, -0.2) is 16.0 Å². The molecule has 0 amide bonds. The third kappa shape index (κ3) is 4.25. The monoisotopic (exact) mass is 315 g/mol. The van der Waals surface area contributed by atoms with Crippen LogP contribution in [0.3, 0.4) is 0 Å². The first-order valence-electron chi connectivity index (χ1n) is 6.53. The lowest BCUT2D eigenvalue weighted by atomic mass is 9.99. The molecule has 0 saturated heterocycles. The van der Waals surface area contributed by atoms with Crippen LogP contribution in [0.25, 0.3) is 0 Å². The first kappa shape index (κ1) is 15.9. The lowest BCUT2D eigenvalue weighted by Gasteiger charge is -2.16. The summed E-state index contributed by atoms with van der Waals surface area (Å²) in [4.78, 5) is 7.34. The molecule has 0 aliphatic rings. The van der Waals surface area contributed by atoms with Crippen molar-refractivity contribution in [2.45, 2.75) is 42.0 Å². The lowest BCUT2D eigenvalue weighted by Crippen LogP contribution is -2.23. The van der Waals surface area contributed by atoms with Gasteiger partial charge >= 0.3 is 6.18 Å². The molecule has 1 unspecified atom stereocenters. The van der Waals surface area contributed by atoms with Crippen molar-refractivity contribution < 1.29 is 13.2 Å². The molecule has 1 heterocycles. The van der Waals surface area contributed by atoms with Gasteiger partial charge < -0.3 is 10.7 Å². The number of alkyl halides is 3. The summed E-state index contributed by atoms with van der Waals surface area (Å²) < 4.78 is 39.6. The second-order valence-corrected chi connectivity index (χ2v) is 5.75. The van der Waals surface area contributed by atoms with Crippen LogP contribution in [0.1, 0.15) is 24.5 Å². The number of hydrogen-bond donors (Lipinski definition) is 2. The van der Waals surface area contributed by atoms with E-state index in [4.69, 9.17) is 5.73 Å². The molecular weight excluding hydrogens is 299 g/mol. The Bertz CT molecular complexity index is 582. The summed E-state index contributed by atoms with van der Waals surface area (Å²) in [6, 6.07) is 4.06. The van der Waals surface area contributed by atoms with E-state index in [0.29, 0.717) is 16.5 Å². The van der Waals surface area contributed by atoms with E-state index in [-0.39, 0.29) is 18.0 Å². The van der Waals surface area contributed by atoms with Gasteiger partial charge in [-0.05, 0) is 30.5 Å². The van der Waals surface area contributed by atoms with Gasteiger partial charge in [-0.25, -0.2) is 4.98 Å². The molecule has 114 valence electrons. The number of imidazole rings is 1. The van der Waals surface area contributed by atoms with E-state index >= 15 is 0 Å². The largest absolute Gasteiger partial charge is 0.416 e. The van der Waals surface area contributed by atoms with Crippen molar-refractivity contribution in [2.75, 3.05) is 0 Å². The van der Waals surface area contributed by atoms with Gasteiger partial charge in [0, 0.05) is 23.3 Å². The van der Waals surface area contributed by atoms with Crippen molar-refractivity contribution in [1.82, 2.24) is 9.97 Å². The van der Waals surface area contributed by atoms with Crippen LogP contribution in [0.5, 0.6) is 0 Å². The molecule has 0 fully saturated rings. The number of aromatic nitrogens is 2. The number of aromatic amines is 1. The maximum absolute atomic E-state index is 13.2. The van der Waals surface area contributed by atoms with E-state index in [0.717, 1.165) is 17.8 Å². The molecule has 0 spiro atoms. The Balaban J connectivity index is 2.30. The minimum absolute atomic E-state index is 0.219. The molecule has 0 saturated carbocycles. The predicted molar refractivity (Wildman–Crippen MR) is 76.1 cm³/mol. The van der Waals surface area contributed by atoms with E-state index in [1.165, 1.54) is 6.07 Å². The lowest BCUT2D eigenvalue weighted by molar-refractivity contribution is -0.138. The first-order valence-corrected chi connectivity index (χ1v) is 7.34. The molecule has 3 N–H and O–H groups in total. The van der Waals surface area contributed by atoms with Crippen molar-refractivity contribution in [3.8, 4) is 0 Å². The number of H-pyrrole nitrogens is 1. The molecule has 0 radical (unpaired) electrons. The van der Waals surface area contributed by atoms with E-state index in [9.17, 15) is 13.2 Å². The summed E-state index contributed by atoms with van der Waals surface area (Å²) in [6.07, 6.45) is -0.344. The van der Waals surface area contributed by atoms with Crippen LogP contribution >= 0.6 is 11.8 Å². The van der Waals surface area contributed by atoms with Crippen LogP contribution in [0.2, 0.25) is 0 Å². The number of rotatable bonds is 5. The zero-order chi connectivity index (χ0) is 15.5. The highest BCUT2D eigenvalue weighted by Gasteiger charge is 2.33. The molecule has 1 aromatic heterocycles. The van der Waals surface area contributed by atoms with Crippen LogP contribution in [0.4, 0.5) is 13.2 Å². The van der Waals surface area contributed by atoms with Crippen molar-refractivity contribution >= 4 is 11.8 Å². The summed E-state index contributed by atoms with van der Waals surface area (Å²) in [5, 5.41) is 0.557. The highest BCUT2D eigenvalue weighted by atomic mass is 32.2. The van der Waals surface area contributed by atoms with E-state index in [2.05, 4.69) is 9.97 Å². The number of benzene rings is 1. The molecule has 0 aliphatic heterocycles. The average Bonchev–Trinajstić information content (AvgIpc) is 2.92. The number of nitrogens with one attached hydrogen (secondary N) is 1. The minimum atomic E-state index is -4.39.